The SMILES string of the molecule is COc1ccccc1CNC(=O)COc1ccc(S(=O)(=O)NC(C)C)cc1. The smallest absolute Gasteiger partial charge is 0.258 e. The summed E-state index contributed by atoms with van der Waals surface area (Å²) in [6.45, 7) is 3.65. The fourth-order valence-electron chi connectivity index (χ4n) is 2.34. The van der Waals surface area contributed by atoms with Crippen molar-refractivity contribution in [1.82, 2.24) is 10.0 Å². The molecule has 0 aliphatic rings. The summed E-state index contributed by atoms with van der Waals surface area (Å²) in [5.74, 6) is 0.815. The number of para-hydroxylation sites is 1. The van der Waals surface area contributed by atoms with E-state index in [4.69, 9.17) is 9.47 Å². The third-order valence-corrected chi connectivity index (χ3v) is 5.24. The third kappa shape index (κ3) is 6.26. The molecule has 2 aromatic carbocycles. The van der Waals surface area contributed by atoms with Gasteiger partial charge in [-0.15, -0.1) is 0 Å². The van der Waals surface area contributed by atoms with Crippen molar-refractivity contribution < 1.29 is 22.7 Å². The van der Waals surface area contributed by atoms with Gasteiger partial charge in [0.15, 0.2) is 6.61 Å². The van der Waals surface area contributed by atoms with Gasteiger partial charge in [-0.3, -0.25) is 4.79 Å². The number of carbonyl (C=O) groups excluding carboxylic acids is 1. The monoisotopic (exact) mass is 392 g/mol. The van der Waals surface area contributed by atoms with E-state index in [0.29, 0.717) is 18.0 Å². The second kappa shape index (κ2) is 9.38. The van der Waals surface area contributed by atoms with Crippen LogP contribution in [-0.2, 0) is 21.4 Å². The zero-order valence-corrected chi connectivity index (χ0v) is 16.4. The predicted molar refractivity (Wildman–Crippen MR) is 102 cm³/mol. The van der Waals surface area contributed by atoms with Crippen LogP contribution in [-0.4, -0.2) is 34.1 Å². The van der Waals surface area contributed by atoms with Crippen LogP contribution in [0.3, 0.4) is 0 Å². The van der Waals surface area contributed by atoms with Crippen molar-refractivity contribution in [2.24, 2.45) is 0 Å². The second-order valence-corrected chi connectivity index (χ2v) is 7.84. The zero-order valence-electron chi connectivity index (χ0n) is 15.6. The molecule has 0 saturated carbocycles. The molecular formula is C19H24N2O5S. The molecule has 0 spiro atoms. The largest absolute Gasteiger partial charge is 0.496 e. The van der Waals surface area contributed by atoms with E-state index in [1.807, 2.05) is 24.3 Å². The lowest BCUT2D eigenvalue weighted by Crippen LogP contribution is -2.30. The van der Waals surface area contributed by atoms with Crippen LogP contribution in [0, 0.1) is 0 Å². The standard InChI is InChI=1S/C19H24N2O5S/c1-14(2)21-27(23,24)17-10-8-16(9-11-17)26-13-19(22)20-12-15-6-4-5-7-18(15)25-3/h4-11,14,21H,12-13H2,1-3H3,(H,20,22). The fraction of sp³-hybridized carbons (Fsp3) is 0.316. The Labute approximate surface area is 159 Å². The Kier molecular flexibility index (Phi) is 7.20. The van der Waals surface area contributed by atoms with Gasteiger partial charge in [0, 0.05) is 18.2 Å². The second-order valence-electron chi connectivity index (χ2n) is 6.12. The lowest BCUT2D eigenvalue weighted by Gasteiger charge is -2.11. The first-order chi connectivity index (χ1) is 12.8. The first-order valence-corrected chi connectivity index (χ1v) is 9.94. The highest BCUT2D eigenvalue weighted by Gasteiger charge is 2.15. The molecule has 2 rings (SSSR count). The molecule has 0 aliphatic carbocycles. The van der Waals surface area contributed by atoms with E-state index in [1.165, 1.54) is 24.3 Å². The number of nitrogens with one attached hydrogen (secondary N) is 2. The Balaban J connectivity index is 1.86. The average Bonchev–Trinajstić information content (AvgIpc) is 2.64. The van der Waals surface area contributed by atoms with Crippen LogP contribution in [0.1, 0.15) is 19.4 Å². The van der Waals surface area contributed by atoms with E-state index < -0.39 is 10.0 Å². The lowest BCUT2D eigenvalue weighted by molar-refractivity contribution is -0.123. The number of carbonyl (C=O) groups is 1. The molecule has 0 bridgehead atoms. The van der Waals surface area contributed by atoms with Crippen LogP contribution in [0.15, 0.2) is 53.4 Å². The van der Waals surface area contributed by atoms with Crippen molar-refractivity contribution in [3.05, 3.63) is 54.1 Å². The summed E-state index contributed by atoms with van der Waals surface area (Å²) in [6, 6.07) is 13.1. The van der Waals surface area contributed by atoms with Gasteiger partial charge in [-0.2, -0.15) is 0 Å². The summed E-state index contributed by atoms with van der Waals surface area (Å²) < 4.78 is 37.3. The van der Waals surface area contributed by atoms with Crippen LogP contribution in [0.5, 0.6) is 11.5 Å². The van der Waals surface area contributed by atoms with Crippen LogP contribution in [0.4, 0.5) is 0 Å². The number of sulfonamides is 1. The van der Waals surface area contributed by atoms with Crippen LogP contribution >= 0.6 is 0 Å². The Morgan fingerprint density at radius 2 is 1.74 bits per heavy atom. The maximum Gasteiger partial charge on any atom is 0.258 e. The van der Waals surface area contributed by atoms with Gasteiger partial charge in [0.1, 0.15) is 11.5 Å². The van der Waals surface area contributed by atoms with Crippen LogP contribution in [0.25, 0.3) is 0 Å². The highest BCUT2D eigenvalue weighted by atomic mass is 32.2. The maximum atomic E-state index is 12.1. The molecule has 8 heteroatoms. The fourth-order valence-corrected chi connectivity index (χ4v) is 3.59. The molecule has 0 radical (unpaired) electrons. The van der Waals surface area contributed by atoms with Crippen LogP contribution < -0.4 is 19.5 Å². The molecule has 0 unspecified atom stereocenters. The normalized spacial score (nSPS) is 11.3. The molecule has 146 valence electrons. The van der Waals surface area contributed by atoms with Crippen molar-refractivity contribution in [1.29, 1.82) is 0 Å². The van der Waals surface area contributed by atoms with Gasteiger partial charge in [-0.1, -0.05) is 18.2 Å². The van der Waals surface area contributed by atoms with E-state index in [9.17, 15) is 13.2 Å². The Morgan fingerprint density at radius 3 is 2.37 bits per heavy atom. The highest BCUT2D eigenvalue weighted by molar-refractivity contribution is 7.89. The zero-order chi connectivity index (χ0) is 19.9. The Morgan fingerprint density at radius 1 is 1.07 bits per heavy atom. The maximum absolute atomic E-state index is 12.1. The summed E-state index contributed by atoms with van der Waals surface area (Å²) in [4.78, 5) is 12.1. The third-order valence-electron chi connectivity index (χ3n) is 3.56. The van der Waals surface area contributed by atoms with E-state index in [0.717, 1.165) is 5.56 Å². The first kappa shape index (κ1) is 20.7. The molecule has 27 heavy (non-hydrogen) atoms. The topological polar surface area (TPSA) is 93.7 Å². The van der Waals surface area contributed by atoms with Gasteiger partial charge in [-0.25, -0.2) is 13.1 Å². The summed E-state index contributed by atoms with van der Waals surface area (Å²) in [5.41, 5.74) is 0.862. The quantitative estimate of drug-likeness (QED) is 0.681. The van der Waals surface area contributed by atoms with Crippen molar-refractivity contribution in [3.8, 4) is 11.5 Å². The highest BCUT2D eigenvalue weighted by Crippen LogP contribution is 2.17. The molecule has 1 amide bonds. The van der Waals surface area contributed by atoms with Gasteiger partial charge in [0.2, 0.25) is 10.0 Å². The lowest BCUT2D eigenvalue weighted by atomic mass is 10.2. The first-order valence-electron chi connectivity index (χ1n) is 8.45. The van der Waals surface area contributed by atoms with E-state index in [2.05, 4.69) is 10.0 Å². The number of benzene rings is 2. The number of amides is 1. The van der Waals surface area contributed by atoms with Gasteiger partial charge < -0.3 is 14.8 Å². The van der Waals surface area contributed by atoms with Crippen molar-refractivity contribution in [3.63, 3.8) is 0 Å². The molecular weight excluding hydrogens is 368 g/mol. The van der Waals surface area contributed by atoms with Gasteiger partial charge in [0.05, 0.1) is 12.0 Å². The summed E-state index contributed by atoms with van der Waals surface area (Å²) in [6.07, 6.45) is 0. The number of hydrogen-bond acceptors (Lipinski definition) is 5. The van der Waals surface area contributed by atoms with E-state index in [1.54, 1.807) is 21.0 Å². The Hall–Kier alpha value is -2.58. The summed E-state index contributed by atoms with van der Waals surface area (Å²) in [5, 5.41) is 2.75. The molecule has 0 atom stereocenters. The minimum Gasteiger partial charge on any atom is -0.496 e. The Bertz CT molecular complexity index is 864. The van der Waals surface area contributed by atoms with Crippen LogP contribution in [0.2, 0.25) is 0 Å². The number of hydrogen-bond donors (Lipinski definition) is 2. The average molecular weight is 392 g/mol. The van der Waals surface area contributed by atoms with Crippen molar-refractivity contribution >= 4 is 15.9 Å². The van der Waals surface area contributed by atoms with Crippen molar-refractivity contribution in [2.75, 3.05) is 13.7 Å². The van der Waals surface area contributed by atoms with Gasteiger partial charge in [0.25, 0.3) is 5.91 Å². The van der Waals surface area contributed by atoms with E-state index >= 15 is 0 Å². The number of ether oxygens (including phenoxy) is 2. The van der Waals surface area contributed by atoms with Crippen molar-refractivity contribution in [2.45, 2.75) is 31.3 Å². The van der Waals surface area contributed by atoms with Gasteiger partial charge >= 0.3 is 0 Å². The molecule has 0 saturated heterocycles. The minimum absolute atomic E-state index is 0.143. The van der Waals surface area contributed by atoms with E-state index in [-0.39, 0.29) is 23.5 Å². The van der Waals surface area contributed by atoms with Gasteiger partial charge in [-0.05, 0) is 44.2 Å². The molecule has 2 N–H and O–H groups in total. The molecule has 7 nitrogen and oxygen atoms in total. The molecule has 0 aliphatic heterocycles. The summed E-state index contributed by atoms with van der Waals surface area (Å²) in [7, 11) is -1.98. The number of methoxy groups -OCH3 is 1. The minimum atomic E-state index is -3.55. The molecule has 0 heterocycles. The number of rotatable bonds is 9. The molecule has 0 aromatic heterocycles. The predicted octanol–water partition coefficient (Wildman–Crippen LogP) is 2.08. The summed E-state index contributed by atoms with van der Waals surface area (Å²) >= 11 is 0. The molecule has 0 fully saturated rings. The molecule has 2 aromatic rings.